The summed E-state index contributed by atoms with van der Waals surface area (Å²) in [5, 5.41) is 3.10. The molecule has 1 atom stereocenters. The van der Waals surface area contributed by atoms with Crippen molar-refractivity contribution in [2.75, 3.05) is 25.4 Å². The molecule has 0 bridgehead atoms. The Kier molecular flexibility index (Phi) is 6.59. The Bertz CT molecular complexity index is 666. The molecule has 1 amide bonds. The lowest BCUT2D eigenvalue weighted by molar-refractivity contribution is -0.118. The molecule has 1 aromatic carbocycles. The van der Waals surface area contributed by atoms with E-state index in [0.717, 1.165) is 23.7 Å². The molecule has 1 aliphatic rings. The first kappa shape index (κ1) is 18.1. The first-order chi connectivity index (χ1) is 12.2. The number of carbonyl (C=O) groups is 1. The number of thioether (sulfide) groups is 1. The first-order valence-corrected chi connectivity index (χ1v) is 9.95. The number of carbonyl (C=O) groups excluding carboxylic acids is 1. The van der Waals surface area contributed by atoms with Crippen molar-refractivity contribution < 1.29 is 9.21 Å². The van der Waals surface area contributed by atoms with Crippen molar-refractivity contribution in [1.29, 1.82) is 0 Å². The summed E-state index contributed by atoms with van der Waals surface area (Å²) in [7, 11) is 0. The molecule has 0 radical (unpaired) electrons. The average Bonchev–Trinajstić information content (AvgIpc) is 3.16. The van der Waals surface area contributed by atoms with Gasteiger partial charge in [-0.25, -0.2) is 0 Å². The molecule has 1 N–H and O–H groups in total. The molecule has 4 nitrogen and oxygen atoms in total. The minimum atomic E-state index is 0.0711. The van der Waals surface area contributed by atoms with Crippen LogP contribution in [-0.2, 0) is 4.79 Å². The Morgan fingerprint density at radius 3 is 2.72 bits per heavy atom. The number of nitrogens with zero attached hydrogens (tertiary/aromatic N) is 1. The number of benzene rings is 1. The second kappa shape index (κ2) is 9.11. The standard InChI is InChI=1S/C20H26N2O2S/c1-16-8-3-4-10-19(16)25-15-20(23)21-14-17(18-9-7-13-24-18)22-11-5-2-6-12-22/h3-4,7-10,13,17H,2,5-6,11-12,14-15H2,1H3,(H,21,23). The molecule has 0 aliphatic carbocycles. The second-order valence-corrected chi connectivity index (χ2v) is 7.50. The molecule has 3 rings (SSSR count). The number of aryl methyl sites for hydroxylation is 1. The average molecular weight is 359 g/mol. The van der Waals surface area contributed by atoms with Gasteiger partial charge in [0, 0.05) is 11.4 Å². The largest absolute Gasteiger partial charge is 0.468 e. The van der Waals surface area contributed by atoms with Crippen molar-refractivity contribution in [3.05, 3.63) is 54.0 Å². The molecule has 1 fully saturated rings. The highest BCUT2D eigenvalue weighted by Gasteiger charge is 2.24. The fourth-order valence-corrected chi connectivity index (χ4v) is 4.10. The van der Waals surface area contributed by atoms with Crippen LogP contribution in [0.4, 0.5) is 0 Å². The van der Waals surface area contributed by atoms with Crippen LogP contribution in [0.2, 0.25) is 0 Å². The van der Waals surface area contributed by atoms with Crippen LogP contribution in [0, 0.1) is 6.92 Å². The van der Waals surface area contributed by atoms with E-state index in [9.17, 15) is 4.79 Å². The van der Waals surface area contributed by atoms with Crippen LogP contribution < -0.4 is 5.32 Å². The fraction of sp³-hybridized carbons (Fsp3) is 0.450. The highest BCUT2D eigenvalue weighted by atomic mass is 32.2. The SMILES string of the molecule is Cc1ccccc1SCC(=O)NCC(c1ccco1)N1CCCCC1. The lowest BCUT2D eigenvalue weighted by Gasteiger charge is -2.33. The summed E-state index contributed by atoms with van der Waals surface area (Å²) in [5.74, 6) is 1.45. The number of rotatable bonds is 7. The Hall–Kier alpha value is -1.72. The third-order valence-electron chi connectivity index (χ3n) is 4.65. The smallest absolute Gasteiger partial charge is 0.230 e. The van der Waals surface area contributed by atoms with Gasteiger partial charge in [-0.15, -0.1) is 11.8 Å². The molecule has 0 saturated carbocycles. The predicted molar refractivity (Wildman–Crippen MR) is 102 cm³/mol. The molecule has 25 heavy (non-hydrogen) atoms. The van der Waals surface area contributed by atoms with Crippen LogP contribution in [0.5, 0.6) is 0 Å². The maximum absolute atomic E-state index is 12.3. The minimum Gasteiger partial charge on any atom is -0.468 e. The second-order valence-electron chi connectivity index (χ2n) is 6.49. The van der Waals surface area contributed by atoms with Gasteiger partial charge in [-0.1, -0.05) is 24.6 Å². The van der Waals surface area contributed by atoms with E-state index in [0.29, 0.717) is 12.3 Å². The molecule has 2 aromatic rings. The van der Waals surface area contributed by atoms with Gasteiger partial charge in [0.2, 0.25) is 5.91 Å². The molecule has 134 valence electrons. The third kappa shape index (κ3) is 5.13. The van der Waals surface area contributed by atoms with Gasteiger partial charge >= 0.3 is 0 Å². The Labute approximate surface area is 154 Å². The summed E-state index contributed by atoms with van der Waals surface area (Å²) in [6.07, 6.45) is 5.44. The van der Waals surface area contributed by atoms with Crippen LogP contribution >= 0.6 is 11.8 Å². The summed E-state index contributed by atoms with van der Waals surface area (Å²) in [6.45, 7) is 4.81. The number of likely N-dealkylation sites (tertiary alicyclic amines) is 1. The summed E-state index contributed by atoms with van der Waals surface area (Å²) in [6, 6.07) is 12.2. The van der Waals surface area contributed by atoms with Crippen LogP contribution in [0.1, 0.15) is 36.6 Å². The van der Waals surface area contributed by atoms with Gasteiger partial charge in [0.05, 0.1) is 18.1 Å². The summed E-state index contributed by atoms with van der Waals surface area (Å²) in [4.78, 5) is 15.9. The molecule has 1 aliphatic heterocycles. The number of nitrogens with one attached hydrogen (secondary N) is 1. The number of furan rings is 1. The first-order valence-electron chi connectivity index (χ1n) is 8.96. The van der Waals surface area contributed by atoms with Crippen LogP contribution in [0.25, 0.3) is 0 Å². The molecule has 2 heterocycles. The maximum Gasteiger partial charge on any atom is 0.230 e. The van der Waals surface area contributed by atoms with Gasteiger partial charge < -0.3 is 9.73 Å². The molecule has 1 unspecified atom stereocenters. The molecular weight excluding hydrogens is 332 g/mol. The number of hydrogen-bond acceptors (Lipinski definition) is 4. The van der Waals surface area contributed by atoms with Crippen molar-refractivity contribution in [2.45, 2.75) is 37.1 Å². The van der Waals surface area contributed by atoms with Gasteiger partial charge in [-0.05, 0) is 56.6 Å². The quantitative estimate of drug-likeness (QED) is 0.759. The van der Waals surface area contributed by atoms with Crippen molar-refractivity contribution in [2.24, 2.45) is 0 Å². The molecule has 1 saturated heterocycles. The summed E-state index contributed by atoms with van der Waals surface area (Å²) >= 11 is 1.59. The van der Waals surface area contributed by atoms with Crippen molar-refractivity contribution in [1.82, 2.24) is 10.2 Å². The van der Waals surface area contributed by atoms with E-state index in [-0.39, 0.29) is 11.9 Å². The third-order valence-corrected chi connectivity index (χ3v) is 5.82. The minimum absolute atomic E-state index is 0.0711. The van der Waals surface area contributed by atoms with Crippen LogP contribution in [0.3, 0.4) is 0 Å². The van der Waals surface area contributed by atoms with Gasteiger partial charge in [-0.3, -0.25) is 9.69 Å². The topological polar surface area (TPSA) is 45.5 Å². The monoisotopic (exact) mass is 358 g/mol. The lowest BCUT2D eigenvalue weighted by atomic mass is 10.1. The molecule has 5 heteroatoms. The molecular formula is C20H26N2O2S. The van der Waals surface area contributed by atoms with E-state index in [1.54, 1.807) is 18.0 Å². The summed E-state index contributed by atoms with van der Waals surface area (Å²) < 4.78 is 5.63. The fourth-order valence-electron chi connectivity index (χ4n) is 3.24. The van der Waals surface area contributed by atoms with Crippen molar-refractivity contribution >= 4 is 17.7 Å². The van der Waals surface area contributed by atoms with Gasteiger partial charge in [0.1, 0.15) is 5.76 Å². The highest BCUT2D eigenvalue weighted by molar-refractivity contribution is 8.00. The number of amides is 1. The normalized spacial score (nSPS) is 16.5. The van der Waals surface area contributed by atoms with Crippen molar-refractivity contribution in [3.63, 3.8) is 0 Å². The highest BCUT2D eigenvalue weighted by Crippen LogP contribution is 2.25. The summed E-state index contributed by atoms with van der Waals surface area (Å²) in [5.41, 5.74) is 1.21. The lowest BCUT2D eigenvalue weighted by Crippen LogP contribution is -2.40. The number of hydrogen-bond donors (Lipinski definition) is 1. The van der Waals surface area contributed by atoms with Crippen LogP contribution in [0.15, 0.2) is 52.0 Å². The van der Waals surface area contributed by atoms with E-state index in [1.165, 1.54) is 24.8 Å². The van der Waals surface area contributed by atoms with Gasteiger partial charge in [0.25, 0.3) is 0 Å². The Balaban J connectivity index is 1.53. The number of piperidine rings is 1. The Morgan fingerprint density at radius 1 is 1.20 bits per heavy atom. The predicted octanol–water partition coefficient (Wildman–Crippen LogP) is 4.02. The van der Waals surface area contributed by atoms with E-state index < -0.39 is 0 Å². The maximum atomic E-state index is 12.3. The Morgan fingerprint density at radius 2 is 2.00 bits per heavy atom. The van der Waals surface area contributed by atoms with Gasteiger partial charge in [0.15, 0.2) is 0 Å². The van der Waals surface area contributed by atoms with E-state index in [4.69, 9.17) is 4.42 Å². The zero-order chi connectivity index (χ0) is 17.5. The van der Waals surface area contributed by atoms with E-state index in [1.807, 2.05) is 24.3 Å². The zero-order valence-electron chi connectivity index (χ0n) is 14.7. The zero-order valence-corrected chi connectivity index (χ0v) is 15.6. The van der Waals surface area contributed by atoms with Crippen LogP contribution in [-0.4, -0.2) is 36.2 Å². The molecule has 0 spiro atoms. The van der Waals surface area contributed by atoms with E-state index >= 15 is 0 Å². The van der Waals surface area contributed by atoms with E-state index in [2.05, 4.69) is 29.3 Å². The molecule has 1 aromatic heterocycles. The van der Waals surface area contributed by atoms with Gasteiger partial charge in [-0.2, -0.15) is 0 Å². The van der Waals surface area contributed by atoms with Crippen molar-refractivity contribution in [3.8, 4) is 0 Å².